The van der Waals surface area contributed by atoms with Crippen LogP contribution in [0.4, 0.5) is 0 Å². The number of rotatable bonds is 2. The Hall–Kier alpha value is -1.73. The molecule has 2 heterocycles. The van der Waals surface area contributed by atoms with Crippen LogP contribution in [0.2, 0.25) is 0 Å². The molecule has 0 spiro atoms. The van der Waals surface area contributed by atoms with Gasteiger partial charge in [0.2, 0.25) is 0 Å². The van der Waals surface area contributed by atoms with Crippen LogP contribution >= 0.6 is 0 Å². The Bertz CT molecular complexity index is 598. The standard InChI is InChI=1S/C13H17N3O4/c1-6-10(12(19)15-11(14-6)7-2-3-7)13(20)16-4-8(17)9(18)5-16/h7-9,17-18H,2-5H2,1H3,(H,14,15,19)/t8-,9+. The number of carbonyl (C=O) groups excluding carboxylic acids is 1. The van der Waals surface area contributed by atoms with Crippen molar-refractivity contribution in [2.75, 3.05) is 13.1 Å². The first-order valence-corrected chi connectivity index (χ1v) is 6.73. The lowest BCUT2D eigenvalue weighted by Crippen LogP contribution is -2.35. The maximum absolute atomic E-state index is 12.3. The number of β-amino-alcohol motifs (C(OH)–C–C–N with tert-alkyl or cyclic N) is 2. The summed E-state index contributed by atoms with van der Waals surface area (Å²) in [5.74, 6) is 0.459. The molecule has 2 aliphatic rings. The zero-order valence-electron chi connectivity index (χ0n) is 11.2. The van der Waals surface area contributed by atoms with Crippen LogP contribution < -0.4 is 5.56 Å². The van der Waals surface area contributed by atoms with Crippen LogP contribution in [0.5, 0.6) is 0 Å². The number of nitrogens with one attached hydrogen (secondary N) is 1. The molecule has 7 heteroatoms. The van der Waals surface area contributed by atoms with Crippen molar-refractivity contribution in [2.24, 2.45) is 0 Å². The molecule has 1 aromatic rings. The first-order chi connectivity index (χ1) is 9.47. The minimum absolute atomic E-state index is 0.00398. The number of nitrogens with zero attached hydrogens (tertiary/aromatic N) is 2. The highest BCUT2D eigenvalue weighted by Crippen LogP contribution is 2.37. The maximum atomic E-state index is 12.3. The largest absolute Gasteiger partial charge is 0.388 e. The van der Waals surface area contributed by atoms with E-state index in [0.717, 1.165) is 12.8 Å². The lowest BCUT2D eigenvalue weighted by atomic mass is 10.2. The average molecular weight is 279 g/mol. The molecular weight excluding hydrogens is 262 g/mol. The molecule has 0 aromatic carbocycles. The highest BCUT2D eigenvalue weighted by molar-refractivity contribution is 5.95. The van der Waals surface area contributed by atoms with Crippen LogP contribution in [-0.2, 0) is 0 Å². The van der Waals surface area contributed by atoms with E-state index in [-0.39, 0.29) is 18.7 Å². The number of aromatic nitrogens is 2. The SMILES string of the molecule is Cc1nc(C2CC2)[nH]c(=O)c1C(=O)N1C[C@@H](O)[C@@H](O)C1. The van der Waals surface area contributed by atoms with Crippen molar-refractivity contribution in [2.45, 2.75) is 37.9 Å². The first kappa shape index (κ1) is 13.3. The van der Waals surface area contributed by atoms with Gasteiger partial charge in [-0.3, -0.25) is 9.59 Å². The van der Waals surface area contributed by atoms with Crippen molar-refractivity contribution >= 4 is 5.91 Å². The van der Waals surface area contributed by atoms with Crippen molar-refractivity contribution in [3.05, 3.63) is 27.4 Å². The highest BCUT2D eigenvalue weighted by atomic mass is 16.3. The van der Waals surface area contributed by atoms with Crippen molar-refractivity contribution in [3.63, 3.8) is 0 Å². The number of carbonyl (C=O) groups is 1. The third-order valence-corrected chi connectivity index (χ3v) is 3.84. The van der Waals surface area contributed by atoms with E-state index in [1.165, 1.54) is 4.90 Å². The summed E-state index contributed by atoms with van der Waals surface area (Å²) in [6.07, 6.45) is 0.106. The molecule has 3 rings (SSSR count). The van der Waals surface area contributed by atoms with Gasteiger partial charge in [0.05, 0.1) is 17.9 Å². The average Bonchev–Trinajstić information content (AvgIpc) is 3.16. The molecule has 0 radical (unpaired) electrons. The molecule has 20 heavy (non-hydrogen) atoms. The molecule has 1 aliphatic carbocycles. The number of aryl methyl sites for hydroxylation is 1. The van der Waals surface area contributed by atoms with Gasteiger partial charge in [-0.25, -0.2) is 4.98 Å². The number of amides is 1. The van der Waals surface area contributed by atoms with E-state index in [1.807, 2.05) is 0 Å². The van der Waals surface area contributed by atoms with Crippen molar-refractivity contribution in [3.8, 4) is 0 Å². The summed E-state index contributed by atoms with van der Waals surface area (Å²) in [6.45, 7) is 1.70. The summed E-state index contributed by atoms with van der Waals surface area (Å²) in [7, 11) is 0. The molecule has 3 N–H and O–H groups in total. The third kappa shape index (κ3) is 2.23. The first-order valence-electron chi connectivity index (χ1n) is 6.73. The molecule has 1 amide bonds. The van der Waals surface area contributed by atoms with E-state index in [9.17, 15) is 19.8 Å². The fourth-order valence-corrected chi connectivity index (χ4v) is 2.50. The molecule has 1 aliphatic heterocycles. The van der Waals surface area contributed by atoms with Gasteiger partial charge in [-0.05, 0) is 19.8 Å². The number of aliphatic hydroxyl groups is 2. The molecule has 0 unspecified atom stereocenters. The van der Waals surface area contributed by atoms with Crippen LogP contribution in [-0.4, -0.2) is 56.3 Å². The van der Waals surface area contributed by atoms with Crippen LogP contribution in [0.15, 0.2) is 4.79 Å². The lowest BCUT2D eigenvalue weighted by Gasteiger charge is -2.16. The number of hydrogen-bond acceptors (Lipinski definition) is 5. The zero-order valence-corrected chi connectivity index (χ0v) is 11.2. The number of aliphatic hydroxyl groups excluding tert-OH is 2. The third-order valence-electron chi connectivity index (χ3n) is 3.84. The van der Waals surface area contributed by atoms with Crippen molar-refractivity contribution in [1.82, 2.24) is 14.9 Å². The predicted molar refractivity (Wildman–Crippen MR) is 69.5 cm³/mol. The zero-order chi connectivity index (χ0) is 14.4. The normalized spacial score (nSPS) is 26.1. The smallest absolute Gasteiger partial charge is 0.264 e. The number of H-pyrrole nitrogens is 1. The highest BCUT2D eigenvalue weighted by Gasteiger charge is 2.35. The summed E-state index contributed by atoms with van der Waals surface area (Å²) >= 11 is 0. The van der Waals surface area contributed by atoms with Gasteiger partial charge in [-0.1, -0.05) is 0 Å². The quantitative estimate of drug-likeness (QED) is 0.652. The molecule has 1 aromatic heterocycles. The van der Waals surface area contributed by atoms with Crippen molar-refractivity contribution in [1.29, 1.82) is 0 Å². The van der Waals surface area contributed by atoms with Crippen molar-refractivity contribution < 1.29 is 15.0 Å². The minimum atomic E-state index is -0.961. The van der Waals surface area contributed by atoms with E-state index < -0.39 is 23.7 Å². The van der Waals surface area contributed by atoms with Gasteiger partial charge in [0.25, 0.3) is 11.5 Å². The molecule has 1 saturated carbocycles. The Balaban J connectivity index is 1.90. The number of aromatic amines is 1. The van der Waals surface area contributed by atoms with Crippen LogP contribution in [0, 0.1) is 6.92 Å². The summed E-state index contributed by atoms with van der Waals surface area (Å²) in [6, 6.07) is 0. The van der Waals surface area contributed by atoms with E-state index in [4.69, 9.17) is 0 Å². The second-order valence-corrected chi connectivity index (χ2v) is 5.53. The van der Waals surface area contributed by atoms with Gasteiger partial charge in [-0.2, -0.15) is 0 Å². The van der Waals surface area contributed by atoms with Gasteiger partial charge in [0.1, 0.15) is 11.4 Å². The monoisotopic (exact) mass is 279 g/mol. The summed E-state index contributed by atoms with van der Waals surface area (Å²) in [5, 5.41) is 19.0. The second kappa shape index (κ2) is 4.68. The Morgan fingerprint density at radius 1 is 1.30 bits per heavy atom. The fourth-order valence-electron chi connectivity index (χ4n) is 2.50. The van der Waals surface area contributed by atoms with E-state index >= 15 is 0 Å². The topological polar surface area (TPSA) is 107 Å². The van der Waals surface area contributed by atoms with Gasteiger partial charge in [0.15, 0.2) is 0 Å². The molecule has 7 nitrogen and oxygen atoms in total. The van der Waals surface area contributed by atoms with Crippen LogP contribution in [0.25, 0.3) is 0 Å². The number of likely N-dealkylation sites (tertiary alicyclic amines) is 1. The van der Waals surface area contributed by atoms with Crippen LogP contribution in [0.1, 0.15) is 40.6 Å². The second-order valence-electron chi connectivity index (χ2n) is 5.53. The molecule has 1 saturated heterocycles. The summed E-state index contributed by atoms with van der Waals surface area (Å²) in [5.41, 5.74) is -0.0486. The maximum Gasteiger partial charge on any atom is 0.264 e. The van der Waals surface area contributed by atoms with Gasteiger partial charge < -0.3 is 20.1 Å². The van der Waals surface area contributed by atoms with E-state index in [0.29, 0.717) is 17.4 Å². The van der Waals surface area contributed by atoms with Crippen LogP contribution in [0.3, 0.4) is 0 Å². The summed E-state index contributed by atoms with van der Waals surface area (Å²) < 4.78 is 0. The molecule has 2 atom stereocenters. The summed E-state index contributed by atoms with van der Waals surface area (Å²) in [4.78, 5) is 32.7. The Labute approximate surface area is 115 Å². The molecular formula is C13H17N3O4. The van der Waals surface area contributed by atoms with E-state index in [1.54, 1.807) is 6.92 Å². The van der Waals surface area contributed by atoms with Gasteiger partial charge >= 0.3 is 0 Å². The molecule has 2 fully saturated rings. The predicted octanol–water partition coefficient (Wildman–Crippen LogP) is -0.867. The Morgan fingerprint density at radius 2 is 1.90 bits per heavy atom. The Kier molecular flexibility index (Phi) is 3.10. The van der Waals surface area contributed by atoms with Gasteiger partial charge in [0, 0.05) is 19.0 Å². The Morgan fingerprint density at radius 3 is 2.40 bits per heavy atom. The number of hydrogen-bond donors (Lipinski definition) is 3. The molecule has 0 bridgehead atoms. The minimum Gasteiger partial charge on any atom is -0.388 e. The van der Waals surface area contributed by atoms with E-state index in [2.05, 4.69) is 9.97 Å². The lowest BCUT2D eigenvalue weighted by molar-refractivity contribution is 0.0572. The van der Waals surface area contributed by atoms with Gasteiger partial charge in [-0.15, -0.1) is 0 Å². The molecule has 108 valence electrons. The fraction of sp³-hybridized carbons (Fsp3) is 0.615.